The summed E-state index contributed by atoms with van der Waals surface area (Å²) < 4.78 is 16.3. The number of nitrogens with one attached hydrogen (secondary N) is 1. The van der Waals surface area contributed by atoms with Crippen molar-refractivity contribution in [2.45, 2.75) is 20.0 Å². The number of benzene rings is 1. The predicted octanol–water partition coefficient (Wildman–Crippen LogP) is 1.79. The molecule has 0 aromatic heterocycles. The van der Waals surface area contributed by atoms with Crippen molar-refractivity contribution in [3.63, 3.8) is 0 Å². The summed E-state index contributed by atoms with van der Waals surface area (Å²) in [5, 5.41) is 3.66. The Kier molecular flexibility index (Phi) is 7.33. The van der Waals surface area contributed by atoms with E-state index in [1.54, 1.807) is 26.0 Å². The Morgan fingerprint density at radius 1 is 1.48 bits per heavy atom. The molecule has 1 atom stereocenters. The van der Waals surface area contributed by atoms with E-state index >= 15 is 0 Å². The molecule has 0 fully saturated rings. The molecule has 8 nitrogen and oxygen atoms in total. The van der Waals surface area contributed by atoms with Crippen LogP contribution in [0.4, 0.5) is 4.79 Å². The highest BCUT2D eigenvalue weighted by Gasteiger charge is 2.20. The molecule has 23 heavy (non-hydrogen) atoms. The molecular formula is C14H18BrN3O5. The van der Waals surface area contributed by atoms with E-state index in [2.05, 4.69) is 26.5 Å². The van der Waals surface area contributed by atoms with Crippen molar-refractivity contribution in [1.29, 1.82) is 0 Å². The molecule has 2 amide bonds. The number of carbonyl (C=O) groups is 2. The van der Waals surface area contributed by atoms with Gasteiger partial charge in [-0.25, -0.2) is 15.0 Å². The molecule has 1 aromatic carbocycles. The summed E-state index contributed by atoms with van der Waals surface area (Å²) in [6.45, 7) is 3.57. The lowest BCUT2D eigenvalue weighted by atomic mass is 10.2. The molecule has 0 radical (unpaired) electrons. The standard InChI is InChI=1S/C14H18BrN3O5/c1-4-22-13(19)8(2)23-12-10(15)5-9(6-11(12)21-3)7-17-18-14(16)20/h5-8H,4H2,1-3H3,(H3,16,18,20). The van der Waals surface area contributed by atoms with Gasteiger partial charge in [-0.3, -0.25) is 0 Å². The first kappa shape index (κ1) is 18.8. The van der Waals surface area contributed by atoms with Crippen LogP contribution in [-0.2, 0) is 9.53 Å². The highest BCUT2D eigenvalue weighted by Crippen LogP contribution is 2.37. The zero-order valence-electron chi connectivity index (χ0n) is 13.0. The maximum Gasteiger partial charge on any atom is 0.347 e. The number of hydrazone groups is 1. The molecule has 126 valence electrons. The Morgan fingerprint density at radius 2 is 2.17 bits per heavy atom. The number of methoxy groups -OCH3 is 1. The van der Waals surface area contributed by atoms with Crippen molar-refractivity contribution in [2.24, 2.45) is 10.8 Å². The van der Waals surface area contributed by atoms with E-state index in [9.17, 15) is 9.59 Å². The number of urea groups is 1. The third-order valence-corrected chi connectivity index (χ3v) is 3.14. The molecule has 0 aliphatic rings. The van der Waals surface area contributed by atoms with Gasteiger partial charge in [-0.15, -0.1) is 0 Å². The number of esters is 1. The first-order chi connectivity index (χ1) is 10.9. The van der Waals surface area contributed by atoms with Gasteiger partial charge in [0.15, 0.2) is 17.6 Å². The minimum Gasteiger partial charge on any atom is -0.493 e. The van der Waals surface area contributed by atoms with Crippen LogP contribution >= 0.6 is 15.9 Å². The van der Waals surface area contributed by atoms with Crippen molar-refractivity contribution in [3.05, 3.63) is 22.2 Å². The van der Waals surface area contributed by atoms with Gasteiger partial charge >= 0.3 is 12.0 Å². The molecule has 0 spiro atoms. The van der Waals surface area contributed by atoms with Crippen LogP contribution in [-0.4, -0.2) is 38.0 Å². The second-order valence-electron chi connectivity index (χ2n) is 4.28. The van der Waals surface area contributed by atoms with Gasteiger partial charge in [-0.1, -0.05) is 0 Å². The van der Waals surface area contributed by atoms with Crippen LogP contribution in [0.1, 0.15) is 19.4 Å². The molecule has 1 aromatic rings. The van der Waals surface area contributed by atoms with Crippen molar-refractivity contribution in [1.82, 2.24) is 5.43 Å². The van der Waals surface area contributed by atoms with Gasteiger partial charge in [0.1, 0.15) is 0 Å². The first-order valence-electron chi connectivity index (χ1n) is 6.68. The lowest BCUT2D eigenvalue weighted by molar-refractivity contribution is -0.150. The zero-order valence-corrected chi connectivity index (χ0v) is 14.5. The van der Waals surface area contributed by atoms with Crippen LogP contribution in [0.5, 0.6) is 11.5 Å². The van der Waals surface area contributed by atoms with Crippen molar-refractivity contribution < 1.29 is 23.8 Å². The maximum absolute atomic E-state index is 11.7. The molecule has 3 N–H and O–H groups in total. The average molecular weight is 388 g/mol. The topological polar surface area (TPSA) is 112 Å². The highest BCUT2D eigenvalue weighted by molar-refractivity contribution is 9.10. The fourth-order valence-corrected chi connectivity index (χ4v) is 2.14. The van der Waals surface area contributed by atoms with Crippen LogP contribution in [0, 0.1) is 0 Å². The van der Waals surface area contributed by atoms with Crippen LogP contribution in [0.2, 0.25) is 0 Å². The van der Waals surface area contributed by atoms with Crippen LogP contribution < -0.4 is 20.6 Å². The molecule has 0 aliphatic carbocycles. The molecule has 1 rings (SSSR count). The number of ether oxygens (including phenoxy) is 3. The number of amides is 2. The zero-order chi connectivity index (χ0) is 17.4. The third kappa shape index (κ3) is 5.78. The molecule has 0 saturated carbocycles. The summed E-state index contributed by atoms with van der Waals surface area (Å²) in [5.41, 5.74) is 7.62. The molecule has 0 aliphatic heterocycles. The lowest BCUT2D eigenvalue weighted by Gasteiger charge is -2.17. The molecule has 9 heteroatoms. The maximum atomic E-state index is 11.7. The Bertz CT molecular complexity index is 606. The quantitative estimate of drug-likeness (QED) is 0.420. The summed E-state index contributed by atoms with van der Waals surface area (Å²) in [7, 11) is 1.46. The normalized spacial score (nSPS) is 11.8. The third-order valence-electron chi connectivity index (χ3n) is 2.55. The summed E-state index contributed by atoms with van der Waals surface area (Å²) in [5.74, 6) is 0.266. The summed E-state index contributed by atoms with van der Waals surface area (Å²) >= 11 is 3.35. The van der Waals surface area contributed by atoms with Gasteiger partial charge in [0.2, 0.25) is 0 Å². The Balaban J connectivity index is 2.98. The van der Waals surface area contributed by atoms with E-state index in [0.717, 1.165) is 0 Å². The van der Waals surface area contributed by atoms with Crippen LogP contribution in [0.25, 0.3) is 0 Å². The molecule has 0 saturated heterocycles. The van der Waals surface area contributed by atoms with E-state index in [4.69, 9.17) is 19.9 Å². The second kappa shape index (κ2) is 8.99. The van der Waals surface area contributed by atoms with Gasteiger partial charge in [0.25, 0.3) is 0 Å². The minimum atomic E-state index is -0.795. The predicted molar refractivity (Wildman–Crippen MR) is 87.7 cm³/mol. The van der Waals surface area contributed by atoms with Crippen LogP contribution in [0.3, 0.4) is 0 Å². The van der Waals surface area contributed by atoms with Crippen molar-refractivity contribution in [2.75, 3.05) is 13.7 Å². The Morgan fingerprint density at radius 3 is 2.74 bits per heavy atom. The highest BCUT2D eigenvalue weighted by atomic mass is 79.9. The number of primary amides is 1. The van der Waals surface area contributed by atoms with Gasteiger partial charge in [-0.05, 0) is 47.5 Å². The van der Waals surface area contributed by atoms with Gasteiger partial charge in [0.05, 0.1) is 24.4 Å². The number of nitrogens with zero attached hydrogens (tertiary/aromatic N) is 1. The second-order valence-corrected chi connectivity index (χ2v) is 5.13. The summed E-state index contributed by atoms with van der Waals surface area (Å²) in [4.78, 5) is 22.2. The Labute approximate surface area is 142 Å². The fraction of sp³-hybridized carbons (Fsp3) is 0.357. The molecular weight excluding hydrogens is 370 g/mol. The SMILES string of the molecule is CCOC(=O)C(C)Oc1c(Br)cc(C=NNC(N)=O)cc1OC. The van der Waals surface area contributed by atoms with E-state index < -0.39 is 18.1 Å². The fourth-order valence-electron chi connectivity index (χ4n) is 1.58. The monoisotopic (exact) mass is 387 g/mol. The van der Waals surface area contributed by atoms with E-state index in [-0.39, 0.29) is 6.61 Å². The van der Waals surface area contributed by atoms with Gasteiger partial charge in [0, 0.05) is 0 Å². The number of rotatable bonds is 7. The molecule has 0 bridgehead atoms. The van der Waals surface area contributed by atoms with Gasteiger partial charge in [-0.2, -0.15) is 5.10 Å². The lowest BCUT2D eigenvalue weighted by Crippen LogP contribution is -2.26. The minimum absolute atomic E-state index is 0.271. The smallest absolute Gasteiger partial charge is 0.347 e. The summed E-state index contributed by atoms with van der Waals surface area (Å²) in [6.07, 6.45) is 0.590. The van der Waals surface area contributed by atoms with Crippen molar-refractivity contribution >= 4 is 34.1 Å². The van der Waals surface area contributed by atoms with E-state index in [1.165, 1.54) is 13.3 Å². The van der Waals surface area contributed by atoms with E-state index in [1.807, 2.05) is 0 Å². The first-order valence-corrected chi connectivity index (χ1v) is 7.47. The number of hydrogen-bond donors (Lipinski definition) is 2. The molecule has 1 unspecified atom stereocenters. The largest absolute Gasteiger partial charge is 0.493 e. The van der Waals surface area contributed by atoms with Crippen molar-refractivity contribution in [3.8, 4) is 11.5 Å². The number of halogens is 1. The molecule has 0 heterocycles. The van der Waals surface area contributed by atoms with Gasteiger partial charge < -0.3 is 19.9 Å². The number of hydrogen-bond acceptors (Lipinski definition) is 6. The number of nitrogens with two attached hydrogens (primary N) is 1. The number of carbonyl (C=O) groups excluding carboxylic acids is 2. The Hall–Kier alpha value is -2.29. The van der Waals surface area contributed by atoms with Crippen LogP contribution in [0.15, 0.2) is 21.7 Å². The summed E-state index contributed by atoms with van der Waals surface area (Å²) in [6, 6.07) is 2.54. The van der Waals surface area contributed by atoms with E-state index in [0.29, 0.717) is 21.5 Å². The average Bonchev–Trinajstić information content (AvgIpc) is 2.49.